The van der Waals surface area contributed by atoms with Crippen molar-refractivity contribution < 1.29 is 27.5 Å². The smallest absolute Gasteiger partial charge is 0.406 e. The van der Waals surface area contributed by atoms with E-state index in [1.54, 1.807) is 0 Å². The van der Waals surface area contributed by atoms with Gasteiger partial charge < -0.3 is 4.74 Å². The molecule has 5 rings (SSSR count). The summed E-state index contributed by atoms with van der Waals surface area (Å²) < 4.78 is 42.5. The summed E-state index contributed by atoms with van der Waals surface area (Å²) in [6.07, 6.45) is -1.80. The summed E-state index contributed by atoms with van der Waals surface area (Å²) in [7, 11) is 0. The van der Waals surface area contributed by atoms with Gasteiger partial charge in [-0.15, -0.1) is 18.3 Å². The molecule has 1 fully saturated rings. The van der Waals surface area contributed by atoms with Crippen LogP contribution in [-0.2, 0) is 4.79 Å². The van der Waals surface area contributed by atoms with Gasteiger partial charge in [-0.3, -0.25) is 9.69 Å². The van der Waals surface area contributed by atoms with E-state index < -0.39 is 12.4 Å². The molecule has 9 nitrogen and oxygen atoms in total. The zero-order valence-electron chi connectivity index (χ0n) is 23.2. The maximum absolute atomic E-state index is 12.6. The normalized spacial score (nSPS) is 15.4. The van der Waals surface area contributed by atoms with Crippen molar-refractivity contribution in [3.05, 3.63) is 89.7 Å². The lowest BCUT2D eigenvalue weighted by atomic mass is 10.0. The van der Waals surface area contributed by atoms with Gasteiger partial charge in [-0.2, -0.15) is 4.99 Å². The number of carbonyl (C=O) groups is 2. The Balaban J connectivity index is 1.24. The molecule has 1 aromatic heterocycles. The van der Waals surface area contributed by atoms with Gasteiger partial charge in [0.05, 0.1) is 17.1 Å². The lowest BCUT2D eigenvalue weighted by Gasteiger charge is -2.20. The molecule has 2 heterocycles. The SMILES string of the molecule is Cc1cccc(C)c1N1C(=O)CSC1=NC(=O)N=CC(C)c1ccc(-c2ncn(-c3ccc(OC(F)(F)F)cc3)n2)cc1. The number of anilines is 1. The number of thioether (sulfide) groups is 1. The molecule has 1 aliphatic rings. The number of halogens is 3. The number of hydrogen-bond acceptors (Lipinski definition) is 6. The number of amides is 3. The number of nitrogens with zero attached hydrogens (tertiary/aromatic N) is 6. The number of para-hydroxylation sites is 1. The molecule has 0 N–H and O–H groups in total. The Morgan fingerprint density at radius 1 is 1.05 bits per heavy atom. The van der Waals surface area contributed by atoms with Crippen molar-refractivity contribution in [1.82, 2.24) is 14.8 Å². The van der Waals surface area contributed by atoms with Crippen molar-refractivity contribution in [2.75, 3.05) is 10.7 Å². The Labute approximate surface area is 249 Å². The first kappa shape index (κ1) is 29.7. The van der Waals surface area contributed by atoms with E-state index in [-0.39, 0.29) is 23.3 Å². The van der Waals surface area contributed by atoms with E-state index in [4.69, 9.17) is 0 Å². The second kappa shape index (κ2) is 12.2. The van der Waals surface area contributed by atoms with Gasteiger partial charge in [0.25, 0.3) is 0 Å². The van der Waals surface area contributed by atoms with Crippen LogP contribution in [0.4, 0.5) is 23.7 Å². The summed E-state index contributed by atoms with van der Waals surface area (Å²) in [4.78, 5) is 39.1. The molecule has 13 heteroatoms. The van der Waals surface area contributed by atoms with Crippen molar-refractivity contribution in [2.24, 2.45) is 9.98 Å². The van der Waals surface area contributed by atoms with E-state index in [2.05, 4.69) is 24.8 Å². The molecular formula is C30H25F3N6O3S. The number of amidine groups is 1. The molecule has 43 heavy (non-hydrogen) atoms. The monoisotopic (exact) mass is 606 g/mol. The van der Waals surface area contributed by atoms with Gasteiger partial charge in [0.15, 0.2) is 11.0 Å². The molecule has 0 bridgehead atoms. The van der Waals surface area contributed by atoms with E-state index in [0.717, 1.165) is 27.9 Å². The molecule has 220 valence electrons. The van der Waals surface area contributed by atoms with Gasteiger partial charge in [0.2, 0.25) is 5.91 Å². The summed E-state index contributed by atoms with van der Waals surface area (Å²) in [5.74, 6) is -0.0620. The first-order valence-corrected chi connectivity index (χ1v) is 14.0. The molecular weight excluding hydrogens is 581 g/mol. The molecule has 1 atom stereocenters. The molecule has 3 amide bonds. The maximum atomic E-state index is 12.6. The van der Waals surface area contributed by atoms with Crippen molar-refractivity contribution in [2.45, 2.75) is 33.1 Å². The first-order chi connectivity index (χ1) is 20.5. The van der Waals surface area contributed by atoms with Crippen LogP contribution >= 0.6 is 11.8 Å². The van der Waals surface area contributed by atoms with Crippen molar-refractivity contribution in [3.63, 3.8) is 0 Å². The number of aliphatic imine (C=N–C) groups is 2. The average Bonchev–Trinajstić information content (AvgIpc) is 3.59. The third kappa shape index (κ3) is 7.00. The van der Waals surface area contributed by atoms with Crippen LogP contribution in [-0.4, -0.2) is 50.2 Å². The fourth-order valence-electron chi connectivity index (χ4n) is 4.45. The minimum atomic E-state index is -4.76. The van der Waals surface area contributed by atoms with Gasteiger partial charge in [-0.1, -0.05) is 61.2 Å². The third-order valence-electron chi connectivity index (χ3n) is 6.55. The zero-order chi connectivity index (χ0) is 30.7. The van der Waals surface area contributed by atoms with Crippen molar-refractivity contribution in [1.29, 1.82) is 0 Å². The van der Waals surface area contributed by atoms with E-state index in [1.807, 2.05) is 63.2 Å². The summed E-state index contributed by atoms with van der Waals surface area (Å²) in [6, 6.07) is 17.7. The number of hydrogen-bond donors (Lipinski definition) is 0. The zero-order valence-corrected chi connectivity index (χ0v) is 24.1. The lowest BCUT2D eigenvalue weighted by molar-refractivity contribution is -0.274. The number of ether oxygens (including phenoxy) is 1. The van der Waals surface area contributed by atoms with Crippen molar-refractivity contribution in [3.8, 4) is 22.8 Å². The highest BCUT2D eigenvalue weighted by Gasteiger charge is 2.32. The van der Waals surface area contributed by atoms with Crippen LogP contribution in [0.25, 0.3) is 17.1 Å². The second-order valence-corrected chi connectivity index (χ2v) is 10.6. The van der Waals surface area contributed by atoms with E-state index >= 15 is 0 Å². The van der Waals surface area contributed by atoms with Crippen LogP contribution in [0.2, 0.25) is 0 Å². The Kier molecular flexibility index (Phi) is 8.44. The standard InChI is InChI=1S/C30H25F3N6O3S/c1-18-5-4-6-19(2)26(18)39-25(40)16-43-29(39)36-28(41)34-15-20(3)21-7-9-22(10-8-21)27-35-17-38(37-27)23-11-13-24(14-12-23)42-30(31,32)33/h4-15,17,20H,16H2,1-3H3. The highest BCUT2D eigenvalue weighted by atomic mass is 32.2. The Bertz CT molecular complexity index is 1700. The Morgan fingerprint density at radius 2 is 1.72 bits per heavy atom. The Hall–Kier alpha value is -4.78. The van der Waals surface area contributed by atoms with Gasteiger partial charge >= 0.3 is 12.4 Å². The summed E-state index contributed by atoms with van der Waals surface area (Å²) in [5, 5.41) is 4.71. The van der Waals surface area contributed by atoms with Crippen LogP contribution < -0.4 is 9.64 Å². The average molecular weight is 607 g/mol. The van der Waals surface area contributed by atoms with Gasteiger partial charge in [-0.25, -0.2) is 19.5 Å². The largest absolute Gasteiger partial charge is 0.573 e. The third-order valence-corrected chi connectivity index (χ3v) is 7.47. The fraction of sp³-hybridized carbons (Fsp3) is 0.200. The molecule has 4 aromatic rings. The predicted molar refractivity (Wildman–Crippen MR) is 159 cm³/mol. The topological polar surface area (TPSA) is 102 Å². The summed E-state index contributed by atoms with van der Waals surface area (Å²) >= 11 is 1.20. The number of carbonyl (C=O) groups excluding carboxylic acids is 2. The number of alkyl halides is 3. The Morgan fingerprint density at radius 3 is 2.37 bits per heavy atom. The second-order valence-electron chi connectivity index (χ2n) is 9.68. The fourth-order valence-corrected chi connectivity index (χ4v) is 5.30. The summed E-state index contributed by atoms with van der Waals surface area (Å²) in [5.41, 5.74) is 4.67. The van der Waals surface area contributed by atoms with Crippen molar-refractivity contribution >= 4 is 40.8 Å². The molecule has 1 unspecified atom stereocenters. The van der Waals surface area contributed by atoms with E-state index in [9.17, 15) is 22.8 Å². The number of aromatic nitrogens is 3. The van der Waals surface area contributed by atoms with Crippen LogP contribution in [0, 0.1) is 13.8 Å². The van der Waals surface area contributed by atoms with E-state index in [1.165, 1.54) is 58.2 Å². The molecule has 3 aromatic carbocycles. The minimum absolute atomic E-state index is 0.140. The molecule has 0 spiro atoms. The minimum Gasteiger partial charge on any atom is -0.406 e. The number of aryl methyl sites for hydroxylation is 2. The van der Waals surface area contributed by atoms with E-state index in [0.29, 0.717) is 16.7 Å². The molecule has 0 saturated carbocycles. The highest BCUT2D eigenvalue weighted by Crippen LogP contribution is 2.32. The van der Waals surface area contributed by atoms with Crippen LogP contribution in [0.3, 0.4) is 0 Å². The number of urea groups is 1. The summed E-state index contributed by atoms with van der Waals surface area (Å²) in [6.45, 7) is 5.70. The molecule has 1 aliphatic heterocycles. The maximum Gasteiger partial charge on any atom is 0.573 e. The molecule has 1 saturated heterocycles. The predicted octanol–water partition coefficient (Wildman–Crippen LogP) is 6.88. The van der Waals surface area contributed by atoms with Crippen LogP contribution in [0.5, 0.6) is 5.75 Å². The van der Waals surface area contributed by atoms with Crippen LogP contribution in [0.15, 0.2) is 83.0 Å². The lowest BCUT2D eigenvalue weighted by Crippen LogP contribution is -2.31. The first-order valence-electron chi connectivity index (χ1n) is 13.1. The number of rotatable bonds is 6. The quantitative estimate of drug-likeness (QED) is 0.222. The van der Waals surface area contributed by atoms with Gasteiger partial charge in [0, 0.05) is 17.7 Å². The highest BCUT2D eigenvalue weighted by molar-refractivity contribution is 8.15. The van der Waals surface area contributed by atoms with Crippen LogP contribution in [0.1, 0.15) is 29.5 Å². The molecule has 0 radical (unpaired) electrons. The molecule has 0 aliphatic carbocycles. The van der Waals surface area contributed by atoms with Gasteiger partial charge in [0.1, 0.15) is 12.1 Å². The van der Waals surface area contributed by atoms with Gasteiger partial charge in [-0.05, 0) is 54.8 Å². The number of benzene rings is 3.